The topological polar surface area (TPSA) is 93.9 Å². The van der Waals surface area contributed by atoms with Gasteiger partial charge in [-0.05, 0) is 42.8 Å². The third-order valence-electron chi connectivity index (χ3n) is 4.20. The molecule has 1 heterocycles. The Morgan fingerprint density at radius 2 is 1.93 bits per heavy atom. The first kappa shape index (κ1) is 18.7. The van der Waals surface area contributed by atoms with Crippen molar-refractivity contribution in [3.8, 4) is 5.75 Å². The molecule has 0 radical (unpaired) electrons. The van der Waals surface area contributed by atoms with Crippen LogP contribution in [0.3, 0.4) is 0 Å². The van der Waals surface area contributed by atoms with Gasteiger partial charge < -0.3 is 19.7 Å². The molecular formula is C19H21N3O5. The first-order valence-corrected chi connectivity index (χ1v) is 8.63. The molecule has 0 aromatic heterocycles. The number of hydrogen-bond acceptors (Lipinski definition) is 6. The first-order chi connectivity index (χ1) is 13.0. The molecule has 27 heavy (non-hydrogen) atoms. The van der Waals surface area contributed by atoms with Gasteiger partial charge in [-0.3, -0.25) is 14.9 Å². The van der Waals surface area contributed by atoms with E-state index in [1.54, 1.807) is 13.0 Å². The number of anilines is 2. The summed E-state index contributed by atoms with van der Waals surface area (Å²) in [5, 5.41) is 13.8. The lowest BCUT2D eigenvalue weighted by atomic mass is 10.2. The third-order valence-corrected chi connectivity index (χ3v) is 4.20. The Morgan fingerprint density at radius 1 is 1.22 bits per heavy atom. The van der Waals surface area contributed by atoms with Crippen LogP contribution in [-0.2, 0) is 9.53 Å². The summed E-state index contributed by atoms with van der Waals surface area (Å²) in [6, 6.07) is 12.1. The number of nitro benzene ring substituents is 1. The van der Waals surface area contributed by atoms with Gasteiger partial charge in [-0.1, -0.05) is 6.07 Å². The Balaban J connectivity index is 1.56. The highest BCUT2D eigenvalue weighted by molar-refractivity contribution is 5.92. The van der Waals surface area contributed by atoms with Crippen LogP contribution >= 0.6 is 0 Å². The first-order valence-electron chi connectivity index (χ1n) is 8.63. The molecular weight excluding hydrogens is 350 g/mol. The molecule has 1 N–H and O–H groups in total. The summed E-state index contributed by atoms with van der Waals surface area (Å²) in [6.45, 7) is 4.55. The number of nitrogens with zero attached hydrogens (tertiary/aromatic N) is 2. The number of rotatable bonds is 6. The largest absolute Gasteiger partial charge is 0.477 e. The summed E-state index contributed by atoms with van der Waals surface area (Å²) in [5.41, 5.74) is 2.30. The van der Waals surface area contributed by atoms with Crippen LogP contribution in [0.15, 0.2) is 42.5 Å². The molecule has 0 spiro atoms. The summed E-state index contributed by atoms with van der Waals surface area (Å²) in [6.07, 6.45) is 0. The van der Waals surface area contributed by atoms with Crippen LogP contribution in [0, 0.1) is 17.0 Å². The van der Waals surface area contributed by atoms with E-state index in [1.807, 2.05) is 24.3 Å². The highest BCUT2D eigenvalue weighted by Crippen LogP contribution is 2.27. The minimum atomic E-state index is -0.523. The van der Waals surface area contributed by atoms with Crippen LogP contribution in [-0.4, -0.2) is 43.7 Å². The lowest BCUT2D eigenvalue weighted by molar-refractivity contribution is -0.385. The van der Waals surface area contributed by atoms with Crippen molar-refractivity contribution in [1.82, 2.24) is 0 Å². The van der Waals surface area contributed by atoms with Crippen LogP contribution in [0.2, 0.25) is 0 Å². The Bertz CT molecular complexity index is 817. The van der Waals surface area contributed by atoms with Crippen molar-refractivity contribution in [2.45, 2.75) is 6.92 Å². The van der Waals surface area contributed by atoms with Gasteiger partial charge >= 0.3 is 5.69 Å². The maximum atomic E-state index is 12.1. The Kier molecular flexibility index (Phi) is 5.87. The molecule has 2 aromatic carbocycles. The summed E-state index contributed by atoms with van der Waals surface area (Å²) in [5.74, 6) is -0.313. The van der Waals surface area contributed by atoms with Gasteiger partial charge in [0.05, 0.1) is 18.1 Å². The van der Waals surface area contributed by atoms with Gasteiger partial charge in [0, 0.05) is 30.5 Å². The zero-order valence-corrected chi connectivity index (χ0v) is 15.0. The predicted octanol–water partition coefficient (Wildman–Crippen LogP) is 2.76. The fraction of sp³-hybridized carbons (Fsp3) is 0.316. The molecule has 0 saturated carbocycles. The highest BCUT2D eigenvalue weighted by atomic mass is 16.6. The standard InChI is InChI=1S/C19H21N3O5/c1-14-2-7-18(17(12-14)22(24)25)27-13-19(23)20-15-3-5-16(6-4-15)21-8-10-26-11-9-21/h2-7,12H,8-11,13H2,1H3,(H,20,23). The number of aryl methyl sites for hydroxylation is 1. The van der Waals surface area contributed by atoms with Gasteiger partial charge in [0.2, 0.25) is 0 Å². The van der Waals surface area contributed by atoms with Gasteiger partial charge in [-0.25, -0.2) is 0 Å². The Hall–Kier alpha value is -3.13. The molecule has 1 aliphatic rings. The number of nitro groups is 1. The van der Waals surface area contributed by atoms with Crippen molar-refractivity contribution in [1.29, 1.82) is 0 Å². The lowest BCUT2D eigenvalue weighted by Gasteiger charge is -2.28. The van der Waals surface area contributed by atoms with E-state index in [0.717, 1.165) is 24.3 Å². The number of amides is 1. The number of ether oxygens (including phenoxy) is 2. The monoisotopic (exact) mass is 371 g/mol. The number of carbonyl (C=O) groups is 1. The van der Waals surface area contributed by atoms with Crippen LogP contribution in [0.4, 0.5) is 17.1 Å². The minimum Gasteiger partial charge on any atom is -0.477 e. The van der Waals surface area contributed by atoms with Crippen molar-refractivity contribution in [3.05, 3.63) is 58.1 Å². The number of carbonyl (C=O) groups excluding carboxylic acids is 1. The molecule has 2 aromatic rings. The normalized spacial score (nSPS) is 13.9. The fourth-order valence-corrected chi connectivity index (χ4v) is 2.81. The highest BCUT2D eigenvalue weighted by Gasteiger charge is 2.16. The van der Waals surface area contributed by atoms with E-state index in [1.165, 1.54) is 12.1 Å². The Labute approximate surface area is 156 Å². The molecule has 0 atom stereocenters. The SMILES string of the molecule is Cc1ccc(OCC(=O)Nc2ccc(N3CCOCC3)cc2)c([N+](=O)[O-])c1. The van der Waals surface area contributed by atoms with Crippen molar-refractivity contribution in [3.63, 3.8) is 0 Å². The maximum Gasteiger partial charge on any atom is 0.311 e. The van der Waals surface area contributed by atoms with E-state index >= 15 is 0 Å². The van der Waals surface area contributed by atoms with Gasteiger partial charge in [-0.15, -0.1) is 0 Å². The fourth-order valence-electron chi connectivity index (χ4n) is 2.81. The molecule has 142 valence electrons. The number of nitrogens with one attached hydrogen (secondary N) is 1. The zero-order valence-electron chi connectivity index (χ0n) is 15.0. The summed E-state index contributed by atoms with van der Waals surface area (Å²) in [7, 11) is 0. The van der Waals surface area contributed by atoms with Crippen LogP contribution < -0.4 is 15.0 Å². The summed E-state index contributed by atoms with van der Waals surface area (Å²) < 4.78 is 10.7. The van der Waals surface area contributed by atoms with Crippen molar-refractivity contribution >= 4 is 23.0 Å². The number of hydrogen-bond donors (Lipinski definition) is 1. The third kappa shape index (κ3) is 4.95. The van der Waals surface area contributed by atoms with E-state index in [4.69, 9.17) is 9.47 Å². The summed E-state index contributed by atoms with van der Waals surface area (Å²) in [4.78, 5) is 24.9. The molecule has 0 aliphatic carbocycles. The second-order valence-corrected chi connectivity index (χ2v) is 6.21. The average Bonchev–Trinajstić information content (AvgIpc) is 2.68. The van der Waals surface area contributed by atoms with Gasteiger partial charge in [0.15, 0.2) is 12.4 Å². The minimum absolute atomic E-state index is 0.0726. The second kappa shape index (κ2) is 8.50. The second-order valence-electron chi connectivity index (χ2n) is 6.21. The van der Waals surface area contributed by atoms with Crippen molar-refractivity contribution < 1.29 is 19.2 Å². The molecule has 1 fully saturated rings. The molecule has 1 saturated heterocycles. The van der Waals surface area contributed by atoms with Crippen molar-refractivity contribution in [2.24, 2.45) is 0 Å². The van der Waals surface area contributed by atoms with E-state index in [9.17, 15) is 14.9 Å². The molecule has 3 rings (SSSR count). The molecule has 0 bridgehead atoms. The van der Waals surface area contributed by atoms with E-state index < -0.39 is 4.92 Å². The lowest BCUT2D eigenvalue weighted by Crippen LogP contribution is -2.36. The van der Waals surface area contributed by atoms with Gasteiger partial charge in [-0.2, -0.15) is 0 Å². The maximum absolute atomic E-state index is 12.1. The zero-order chi connectivity index (χ0) is 19.2. The summed E-state index contributed by atoms with van der Waals surface area (Å²) >= 11 is 0. The molecule has 8 nitrogen and oxygen atoms in total. The average molecular weight is 371 g/mol. The van der Waals surface area contributed by atoms with Crippen LogP contribution in [0.25, 0.3) is 0 Å². The Morgan fingerprint density at radius 3 is 2.59 bits per heavy atom. The van der Waals surface area contributed by atoms with Crippen molar-refractivity contribution in [2.75, 3.05) is 43.1 Å². The smallest absolute Gasteiger partial charge is 0.311 e. The molecule has 8 heteroatoms. The van der Waals surface area contributed by atoms with E-state index in [2.05, 4.69) is 10.2 Å². The molecule has 0 unspecified atom stereocenters. The number of benzene rings is 2. The predicted molar refractivity (Wildman–Crippen MR) is 101 cm³/mol. The quantitative estimate of drug-likeness (QED) is 0.620. The van der Waals surface area contributed by atoms with E-state index in [-0.39, 0.29) is 24.0 Å². The van der Waals surface area contributed by atoms with Gasteiger partial charge in [0.25, 0.3) is 5.91 Å². The van der Waals surface area contributed by atoms with Crippen LogP contribution in [0.5, 0.6) is 5.75 Å². The van der Waals surface area contributed by atoms with Gasteiger partial charge in [0.1, 0.15) is 0 Å². The number of morpholine rings is 1. The molecule has 1 aliphatic heterocycles. The molecule has 1 amide bonds. The van der Waals surface area contributed by atoms with Crippen LogP contribution in [0.1, 0.15) is 5.56 Å². The van der Waals surface area contributed by atoms with E-state index in [0.29, 0.717) is 18.9 Å².